The van der Waals surface area contributed by atoms with Crippen LogP contribution in [0.25, 0.3) is 0 Å². The topological polar surface area (TPSA) is 136 Å². The minimum Gasteiger partial charge on any atom is -0.491 e. The summed E-state index contributed by atoms with van der Waals surface area (Å²) < 4.78 is 46.7. The zero-order valence-electron chi connectivity index (χ0n) is 21.6. The van der Waals surface area contributed by atoms with Gasteiger partial charge in [-0.25, -0.2) is 10.1 Å². The van der Waals surface area contributed by atoms with Gasteiger partial charge in [-0.05, 0) is 43.2 Å². The number of rotatable bonds is 6. The Morgan fingerprint density at radius 3 is 2.68 bits per heavy atom. The quantitative estimate of drug-likeness (QED) is 0.480. The first kappa shape index (κ1) is 27.6. The second kappa shape index (κ2) is 11.3. The number of anilines is 2. The fraction of sp³-hybridized carbons (Fsp3) is 0.333. The standard InChI is InChI=1S/C27H24F3N7O4/c28-27(29,30)24-21(14-33-34-25(24)39)36-8-2-4-19(36)16-41-20-5-1-3-18(11-20)26(40)35-9-10-37(23(38)15-35)22-7-6-17(12-31)13-32-22/h1,3,5-7,11,13-14,19H,2,4,8-10,15-16H2,(H,34,39). The van der Waals surface area contributed by atoms with Crippen LogP contribution < -0.4 is 20.1 Å². The molecule has 2 saturated heterocycles. The van der Waals surface area contributed by atoms with E-state index in [2.05, 4.69) is 10.1 Å². The lowest BCUT2D eigenvalue weighted by atomic mass is 10.1. The highest BCUT2D eigenvalue weighted by Crippen LogP contribution is 2.36. The lowest BCUT2D eigenvalue weighted by Crippen LogP contribution is -2.52. The van der Waals surface area contributed by atoms with Crippen molar-refractivity contribution >= 4 is 23.3 Å². The van der Waals surface area contributed by atoms with E-state index in [-0.39, 0.29) is 43.7 Å². The molecule has 41 heavy (non-hydrogen) atoms. The molecule has 11 nitrogen and oxygen atoms in total. The van der Waals surface area contributed by atoms with Gasteiger partial charge in [0.2, 0.25) is 5.91 Å². The van der Waals surface area contributed by atoms with Crippen LogP contribution in [0.1, 0.15) is 34.3 Å². The SMILES string of the molecule is N#Cc1ccc(N2CCN(C(=O)c3cccc(OCC4CCCN4c4cn[nH]c(=O)c4C(F)(F)F)c3)CC2=O)nc1. The van der Waals surface area contributed by atoms with Crippen molar-refractivity contribution in [3.8, 4) is 11.8 Å². The summed E-state index contributed by atoms with van der Waals surface area (Å²) in [6, 6.07) is 11.0. The Kier molecular flexibility index (Phi) is 7.60. The third-order valence-electron chi connectivity index (χ3n) is 6.99. The molecule has 0 radical (unpaired) electrons. The van der Waals surface area contributed by atoms with Gasteiger partial charge in [-0.3, -0.25) is 19.3 Å². The first-order chi connectivity index (χ1) is 19.7. The fourth-order valence-electron chi connectivity index (χ4n) is 5.00. The first-order valence-electron chi connectivity index (χ1n) is 12.8. The van der Waals surface area contributed by atoms with Gasteiger partial charge >= 0.3 is 6.18 Å². The third-order valence-corrected chi connectivity index (χ3v) is 6.99. The smallest absolute Gasteiger partial charge is 0.423 e. The number of alkyl halides is 3. The predicted octanol–water partition coefficient (Wildman–Crippen LogP) is 2.59. The normalized spacial score (nSPS) is 17.5. The van der Waals surface area contributed by atoms with Crippen LogP contribution >= 0.6 is 0 Å². The number of amides is 2. The Labute approximate surface area is 231 Å². The summed E-state index contributed by atoms with van der Waals surface area (Å²) in [5, 5.41) is 14.3. The van der Waals surface area contributed by atoms with E-state index in [0.29, 0.717) is 42.1 Å². The number of nitrogens with one attached hydrogen (secondary N) is 1. The number of ether oxygens (including phenoxy) is 1. The number of hydrogen-bond donors (Lipinski definition) is 1. The van der Waals surface area contributed by atoms with Crippen LogP contribution in [0.5, 0.6) is 5.75 Å². The van der Waals surface area contributed by atoms with Gasteiger partial charge in [0, 0.05) is 31.4 Å². The molecule has 0 spiro atoms. The number of halogens is 3. The molecule has 0 aliphatic carbocycles. The average Bonchev–Trinajstić information content (AvgIpc) is 3.44. The number of hydrogen-bond acceptors (Lipinski definition) is 8. The summed E-state index contributed by atoms with van der Waals surface area (Å²) in [4.78, 5) is 46.4. The van der Waals surface area contributed by atoms with Crippen LogP contribution in [0.3, 0.4) is 0 Å². The van der Waals surface area contributed by atoms with E-state index in [9.17, 15) is 27.6 Å². The summed E-state index contributed by atoms with van der Waals surface area (Å²) in [5.74, 6) is 0.0522. The van der Waals surface area contributed by atoms with Gasteiger partial charge < -0.3 is 14.5 Å². The summed E-state index contributed by atoms with van der Waals surface area (Å²) in [5.41, 5.74) is -2.23. The molecule has 212 valence electrons. The number of H-pyrrole nitrogens is 1. The van der Waals surface area contributed by atoms with E-state index in [1.807, 2.05) is 11.2 Å². The molecule has 2 fully saturated rings. The van der Waals surface area contributed by atoms with Crippen molar-refractivity contribution in [2.45, 2.75) is 25.1 Å². The first-order valence-corrected chi connectivity index (χ1v) is 12.8. The van der Waals surface area contributed by atoms with Crippen molar-refractivity contribution in [2.24, 2.45) is 0 Å². The fourth-order valence-corrected chi connectivity index (χ4v) is 5.00. The molecule has 1 unspecified atom stereocenters. The number of nitrogens with zero attached hydrogens (tertiary/aromatic N) is 6. The van der Waals surface area contributed by atoms with Gasteiger partial charge in [-0.2, -0.15) is 23.5 Å². The monoisotopic (exact) mass is 567 g/mol. The molecule has 1 atom stereocenters. The highest BCUT2D eigenvalue weighted by molar-refractivity contribution is 6.01. The van der Waals surface area contributed by atoms with Gasteiger partial charge in [-0.1, -0.05) is 6.07 Å². The summed E-state index contributed by atoms with van der Waals surface area (Å²) in [7, 11) is 0. The average molecular weight is 568 g/mol. The van der Waals surface area contributed by atoms with Crippen molar-refractivity contribution in [2.75, 3.05) is 42.6 Å². The largest absolute Gasteiger partial charge is 0.491 e. The van der Waals surface area contributed by atoms with Gasteiger partial charge in [0.25, 0.3) is 11.5 Å². The maximum absolute atomic E-state index is 13.6. The van der Waals surface area contributed by atoms with Crippen LogP contribution in [-0.2, 0) is 11.0 Å². The maximum atomic E-state index is 13.6. The molecule has 3 aromatic rings. The molecule has 0 bridgehead atoms. The molecule has 2 amide bonds. The highest BCUT2D eigenvalue weighted by atomic mass is 19.4. The Bertz CT molecular complexity index is 1550. The molecule has 4 heterocycles. The Morgan fingerprint density at radius 2 is 1.98 bits per heavy atom. The number of piperazine rings is 1. The lowest BCUT2D eigenvalue weighted by Gasteiger charge is -2.33. The molecular formula is C27H24F3N7O4. The van der Waals surface area contributed by atoms with Crippen LogP contribution in [0, 0.1) is 11.3 Å². The van der Waals surface area contributed by atoms with E-state index in [1.165, 1.54) is 27.0 Å². The molecule has 2 aliphatic rings. The Balaban J connectivity index is 1.23. The lowest BCUT2D eigenvalue weighted by molar-refractivity contribution is -0.138. The van der Waals surface area contributed by atoms with E-state index in [1.54, 1.807) is 30.3 Å². The number of pyridine rings is 1. The summed E-state index contributed by atoms with van der Waals surface area (Å²) in [6.07, 6.45) is -1.32. The van der Waals surface area contributed by atoms with E-state index >= 15 is 0 Å². The predicted molar refractivity (Wildman–Crippen MR) is 139 cm³/mol. The number of nitriles is 1. The third kappa shape index (κ3) is 5.84. The van der Waals surface area contributed by atoms with Crippen LogP contribution in [0.2, 0.25) is 0 Å². The number of aromatic nitrogens is 3. The number of carbonyl (C=O) groups is 2. The molecule has 14 heteroatoms. The molecule has 1 N–H and O–H groups in total. The van der Waals surface area contributed by atoms with Crippen molar-refractivity contribution < 1.29 is 27.5 Å². The second-order valence-corrected chi connectivity index (χ2v) is 9.57. The van der Waals surface area contributed by atoms with E-state index in [4.69, 9.17) is 10.00 Å². The molecule has 2 aliphatic heterocycles. The molecular weight excluding hydrogens is 543 g/mol. The second-order valence-electron chi connectivity index (χ2n) is 9.57. The van der Waals surface area contributed by atoms with Crippen LogP contribution in [0.15, 0.2) is 53.6 Å². The number of carbonyl (C=O) groups excluding carboxylic acids is 2. The number of aromatic amines is 1. The van der Waals surface area contributed by atoms with Crippen LogP contribution in [-0.4, -0.2) is 70.7 Å². The maximum Gasteiger partial charge on any atom is 0.423 e. The highest BCUT2D eigenvalue weighted by Gasteiger charge is 2.41. The van der Waals surface area contributed by atoms with Gasteiger partial charge in [-0.15, -0.1) is 0 Å². The van der Waals surface area contributed by atoms with Crippen molar-refractivity contribution in [1.29, 1.82) is 5.26 Å². The molecule has 1 aromatic carbocycles. The molecule has 5 rings (SSSR count). The minimum absolute atomic E-state index is 0.0243. The minimum atomic E-state index is -4.85. The van der Waals surface area contributed by atoms with E-state index < -0.39 is 23.3 Å². The Hall–Kier alpha value is -4.93. The zero-order valence-corrected chi connectivity index (χ0v) is 21.6. The molecule has 0 saturated carbocycles. The molecule has 2 aromatic heterocycles. The van der Waals surface area contributed by atoms with E-state index in [0.717, 1.165) is 6.20 Å². The van der Waals surface area contributed by atoms with Gasteiger partial charge in [0.15, 0.2) is 0 Å². The Morgan fingerprint density at radius 1 is 1.15 bits per heavy atom. The van der Waals surface area contributed by atoms with Gasteiger partial charge in [0.1, 0.15) is 36.4 Å². The van der Waals surface area contributed by atoms with Crippen molar-refractivity contribution in [3.63, 3.8) is 0 Å². The zero-order chi connectivity index (χ0) is 29.1. The number of benzene rings is 1. The summed E-state index contributed by atoms with van der Waals surface area (Å²) >= 11 is 0. The van der Waals surface area contributed by atoms with Gasteiger partial charge in [0.05, 0.1) is 23.5 Å². The van der Waals surface area contributed by atoms with Crippen molar-refractivity contribution in [3.05, 3.63) is 75.8 Å². The van der Waals surface area contributed by atoms with Crippen molar-refractivity contribution in [1.82, 2.24) is 20.1 Å². The summed E-state index contributed by atoms with van der Waals surface area (Å²) in [6.45, 7) is 0.665. The van der Waals surface area contributed by atoms with Crippen LogP contribution in [0.4, 0.5) is 24.7 Å².